The van der Waals surface area contributed by atoms with E-state index in [9.17, 15) is 0 Å². The van der Waals surface area contributed by atoms with Crippen molar-refractivity contribution < 1.29 is 9.26 Å². The number of hydrogen-bond acceptors (Lipinski definition) is 6. The standard InChI is InChI=1S/C12H14N4O2/c13-6-8-3-4-9(14-7-8)12-15-11(16-18-12)10-2-1-5-17-10/h3-4,7,10H,1-2,5-6,13H2. The van der Waals surface area contributed by atoms with Crippen molar-refractivity contribution in [2.24, 2.45) is 5.73 Å². The SMILES string of the molecule is NCc1ccc(-c2nc(C3CCCO3)no2)nc1. The third-order valence-corrected chi connectivity index (χ3v) is 2.94. The van der Waals surface area contributed by atoms with Gasteiger partial charge in [0.1, 0.15) is 11.8 Å². The molecular weight excluding hydrogens is 232 g/mol. The minimum atomic E-state index is -0.0363. The van der Waals surface area contributed by atoms with Crippen LogP contribution in [0.4, 0.5) is 0 Å². The van der Waals surface area contributed by atoms with E-state index in [0.717, 1.165) is 25.0 Å². The van der Waals surface area contributed by atoms with Crippen LogP contribution >= 0.6 is 0 Å². The molecule has 94 valence electrons. The monoisotopic (exact) mass is 246 g/mol. The van der Waals surface area contributed by atoms with E-state index in [-0.39, 0.29) is 6.10 Å². The van der Waals surface area contributed by atoms with Crippen molar-refractivity contribution in [2.45, 2.75) is 25.5 Å². The molecule has 0 amide bonds. The van der Waals surface area contributed by atoms with Crippen LogP contribution in [0.15, 0.2) is 22.9 Å². The van der Waals surface area contributed by atoms with E-state index in [1.165, 1.54) is 0 Å². The van der Waals surface area contributed by atoms with Crippen LogP contribution in [0.2, 0.25) is 0 Å². The molecule has 2 aromatic heterocycles. The normalized spacial score (nSPS) is 19.3. The van der Waals surface area contributed by atoms with Crippen LogP contribution in [0, 0.1) is 0 Å². The van der Waals surface area contributed by atoms with Crippen LogP contribution < -0.4 is 5.73 Å². The molecule has 0 saturated carbocycles. The summed E-state index contributed by atoms with van der Waals surface area (Å²) in [7, 11) is 0. The molecule has 0 radical (unpaired) electrons. The third kappa shape index (κ3) is 2.12. The van der Waals surface area contributed by atoms with E-state index in [2.05, 4.69) is 15.1 Å². The van der Waals surface area contributed by atoms with Gasteiger partial charge in [-0.25, -0.2) is 0 Å². The Bertz CT molecular complexity index is 517. The van der Waals surface area contributed by atoms with E-state index in [0.29, 0.717) is 24.0 Å². The molecule has 2 aromatic rings. The minimum absolute atomic E-state index is 0.0363. The highest BCUT2D eigenvalue weighted by Crippen LogP contribution is 2.27. The van der Waals surface area contributed by atoms with Gasteiger partial charge in [-0.2, -0.15) is 4.98 Å². The van der Waals surface area contributed by atoms with Gasteiger partial charge < -0.3 is 15.0 Å². The van der Waals surface area contributed by atoms with Gasteiger partial charge in [0.25, 0.3) is 5.89 Å². The third-order valence-electron chi connectivity index (χ3n) is 2.94. The van der Waals surface area contributed by atoms with Gasteiger partial charge in [-0.05, 0) is 24.5 Å². The molecule has 1 saturated heterocycles. The summed E-state index contributed by atoms with van der Waals surface area (Å²) in [6, 6.07) is 3.73. The molecule has 6 heteroatoms. The van der Waals surface area contributed by atoms with E-state index < -0.39 is 0 Å². The van der Waals surface area contributed by atoms with Gasteiger partial charge in [0.05, 0.1) is 0 Å². The molecular formula is C12H14N4O2. The molecule has 1 atom stereocenters. The molecule has 0 aromatic carbocycles. The maximum Gasteiger partial charge on any atom is 0.276 e. The van der Waals surface area contributed by atoms with Crippen molar-refractivity contribution in [2.75, 3.05) is 6.61 Å². The summed E-state index contributed by atoms with van der Waals surface area (Å²) in [5, 5.41) is 3.94. The molecule has 1 aliphatic rings. The largest absolute Gasteiger partial charge is 0.370 e. The zero-order chi connectivity index (χ0) is 12.4. The van der Waals surface area contributed by atoms with Crippen LogP contribution in [0.3, 0.4) is 0 Å². The summed E-state index contributed by atoms with van der Waals surface area (Å²) in [6.07, 6.45) is 3.66. The smallest absolute Gasteiger partial charge is 0.276 e. The fourth-order valence-electron chi connectivity index (χ4n) is 1.92. The lowest BCUT2D eigenvalue weighted by atomic mass is 10.2. The lowest BCUT2D eigenvalue weighted by Gasteiger charge is -2.00. The molecule has 6 nitrogen and oxygen atoms in total. The molecule has 2 N–H and O–H groups in total. The average molecular weight is 246 g/mol. The number of ether oxygens (including phenoxy) is 1. The fourth-order valence-corrected chi connectivity index (χ4v) is 1.92. The zero-order valence-corrected chi connectivity index (χ0v) is 9.87. The first-order valence-corrected chi connectivity index (χ1v) is 5.97. The van der Waals surface area contributed by atoms with Crippen molar-refractivity contribution >= 4 is 0 Å². The Kier molecular flexibility index (Phi) is 3.04. The second-order valence-electron chi connectivity index (χ2n) is 4.22. The molecule has 1 unspecified atom stereocenters. The first-order valence-electron chi connectivity index (χ1n) is 5.97. The van der Waals surface area contributed by atoms with E-state index in [1.807, 2.05) is 12.1 Å². The Balaban J connectivity index is 1.82. The minimum Gasteiger partial charge on any atom is -0.370 e. The van der Waals surface area contributed by atoms with Gasteiger partial charge in [-0.1, -0.05) is 11.2 Å². The lowest BCUT2D eigenvalue weighted by molar-refractivity contribution is 0.103. The second-order valence-corrected chi connectivity index (χ2v) is 4.22. The van der Waals surface area contributed by atoms with Crippen LogP contribution in [0.1, 0.15) is 30.3 Å². The molecule has 0 aliphatic carbocycles. The number of nitrogens with two attached hydrogens (primary N) is 1. The van der Waals surface area contributed by atoms with Crippen molar-refractivity contribution in [3.8, 4) is 11.6 Å². The first kappa shape index (κ1) is 11.3. The average Bonchev–Trinajstić information content (AvgIpc) is 3.09. The number of nitrogens with zero attached hydrogens (tertiary/aromatic N) is 3. The highest BCUT2D eigenvalue weighted by molar-refractivity contribution is 5.46. The van der Waals surface area contributed by atoms with Gasteiger partial charge in [-0.3, -0.25) is 4.98 Å². The van der Waals surface area contributed by atoms with Crippen molar-refractivity contribution in [3.63, 3.8) is 0 Å². The number of aromatic nitrogens is 3. The summed E-state index contributed by atoms with van der Waals surface area (Å²) in [6.45, 7) is 1.23. The predicted molar refractivity (Wildman–Crippen MR) is 63.3 cm³/mol. The topological polar surface area (TPSA) is 87.1 Å². The molecule has 3 heterocycles. The molecule has 3 rings (SSSR count). The Morgan fingerprint density at radius 1 is 1.39 bits per heavy atom. The van der Waals surface area contributed by atoms with Gasteiger partial charge in [0, 0.05) is 19.3 Å². The fraction of sp³-hybridized carbons (Fsp3) is 0.417. The van der Waals surface area contributed by atoms with Gasteiger partial charge in [0.15, 0.2) is 0 Å². The molecule has 1 fully saturated rings. The summed E-state index contributed by atoms with van der Waals surface area (Å²) >= 11 is 0. The quantitative estimate of drug-likeness (QED) is 0.881. The Labute approximate surface area is 104 Å². The summed E-state index contributed by atoms with van der Waals surface area (Å²) in [5.74, 6) is 1.02. The summed E-state index contributed by atoms with van der Waals surface area (Å²) in [4.78, 5) is 8.56. The molecule has 18 heavy (non-hydrogen) atoms. The second kappa shape index (κ2) is 4.83. The highest BCUT2D eigenvalue weighted by Gasteiger charge is 2.23. The maximum absolute atomic E-state index is 5.52. The Morgan fingerprint density at radius 2 is 2.33 bits per heavy atom. The van der Waals surface area contributed by atoms with Gasteiger partial charge in [0.2, 0.25) is 5.82 Å². The van der Waals surface area contributed by atoms with Crippen LogP contribution in [0.25, 0.3) is 11.6 Å². The number of pyridine rings is 1. The maximum atomic E-state index is 5.52. The van der Waals surface area contributed by atoms with Crippen LogP contribution in [0.5, 0.6) is 0 Å². The molecule has 0 spiro atoms. The Morgan fingerprint density at radius 3 is 3.00 bits per heavy atom. The van der Waals surface area contributed by atoms with Crippen LogP contribution in [-0.2, 0) is 11.3 Å². The number of rotatable bonds is 3. The summed E-state index contributed by atoms with van der Waals surface area (Å²) in [5.41, 5.74) is 7.14. The summed E-state index contributed by atoms with van der Waals surface area (Å²) < 4.78 is 10.7. The number of hydrogen-bond donors (Lipinski definition) is 1. The zero-order valence-electron chi connectivity index (χ0n) is 9.87. The van der Waals surface area contributed by atoms with Crippen molar-refractivity contribution in [3.05, 3.63) is 29.7 Å². The van der Waals surface area contributed by atoms with E-state index in [4.69, 9.17) is 15.0 Å². The molecule has 1 aliphatic heterocycles. The highest BCUT2D eigenvalue weighted by atomic mass is 16.5. The predicted octanol–water partition coefficient (Wildman–Crippen LogP) is 1.44. The van der Waals surface area contributed by atoms with Crippen molar-refractivity contribution in [1.29, 1.82) is 0 Å². The lowest BCUT2D eigenvalue weighted by Crippen LogP contribution is -1.98. The molecule has 0 bridgehead atoms. The van der Waals surface area contributed by atoms with Crippen LogP contribution in [-0.4, -0.2) is 21.7 Å². The van der Waals surface area contributed by atoms with E-state index >= 15 is 0 Å². The van der Waals surface area contributed by atoms with E-state index in [1.54, 1.807) is 6.20 Å². The van der Waals surface area contributed by atoms with Gasteiger partial charge >= 0.3 is 0 Å². The van der Waals surface area contributed by atoms with Crippen molar-refractivity contribution in [1.82, 2.24) is 15.1 Å². The van der Waals surface area contributed by atoms with Gasteiger partial charge in [-0.15, -0.1) is 0 Å². The first-order chi connectivity index (χ1) is 8.86. The Hall–Kier alpha value is -1.79.